The summed E-state index contributed by atoms with van der Waals surface area (Å²) in [6.45, 7) is 8.25. The number of aromatic amines is 4. The van der Waals surface area contributed by atoms with Gasteiger partial charge in [0.2, 0.25) is 17.7 Å². The first-order valence-corrected chi connectivity index (χ1v) is 42.6. The molecule has 8 N–H and O–H groups in total. The van der Waals surface area contributed by atoms with Gasteiger partial charge in [0.1, 0.15) is 23.1 Å². The number of fused-ring (bicyclic) bond motifs is 12. The third-order valence-electron chi connectivity index (χ3n) is 23.6. The van der Waals surface area contributed by atoms with E-state index in [1.807, 2.05) is 84.6 Å². The third kappa shape index (κ3) is 17.6. The number of amides is 4. The minimum absolute atomic E-state index is 0.0475. The topological polar surface area (TPSA) is 229 Å². The molecule has 5 aliphatic heterocycles. The predicted molar refractivity (Wildman–Crippen MR) is 460 cm³/mol. The Morgan fingerprint density at radius 3 is 1.46 bits per heavy atom. The lowest BCUT2D eigenvalue weighted by atomic mass is 9.89. The van der Waals surface area contributed by atoms with E-state index in [4.69, 9.17) is 31.2 Å². The van der Waals surface area contributed by atoms with Crippen LogP contribution in [0.4, 0.5) is 9.18 Å². The molecule has 9 heterocycles. The van der Waals surface area contributed by atoms with Crippen LogP contribution in [-0.2, 0) is 51.3 Å². The Balaban J connectivity index is 0.000000122. The van der Waals surface area contributed by atoms with Gasteiger partial charge in [-0.3, -0.25) is 25.0 Å². The number of carbonyl (C=O) groups is 4. The molecule has 7 aliphatic rings. The molecule has 4 aromatic heterocycles. The summed E-state index contributed by atoms with van der Waals surface area (Å²) < 4.78 is 38.2. The quantitative estimate of drug-likeness (QED) is 0.0564. The highest BCUT2D eigenvalue weighted by Gasteiger charge is 2.40. The van der Waals surface area contributed by atoms with Gasteiger partial charge < -0.3 is 69.1 Å². The van der Waals surface area contributed by atoms with Crippen molar-refractivity contribution < 1.29 is 42.5 Å². The minimum atomic E-state index is -0.341. The van der Waals surface area contributed by atoms with Gasteiger partial charge in [-0.1, -0.05) is 123 Å². The number of thiocarbonyl (C=S) groups is 1. The molecule has 0 radical (unpaired) electrons. The van der Waals surface area contributed by atoms with Gasteiger partial charge in [-0.15, -0.1) is 0 Å². The normalized spacial score (nSPS) is 19.5. The van der Waals surface area contributed by atoms with Crippen LogP contribution in [0.25, 0.3) is 43.6 Å². The number of hydrogen-bond donors (Lipinski definition) is 8. The number of H-pyrrole nitrogens is 4. The molecular weight excluding hydrogens is 1660 g/mol. The molecule has 0 spiro atoms. The van der Waals surface area contributed by atoms with E-state index >= 15 is 0 Å². The van der Waals surface area contributed by atoms with Gasteiger partial charge in [0, 0.05) is 150 Å². The first-order chi connectivity index (χ1) is 55.4. The average molecular weight is 1750 g/mol. The largest absolute Gasteiger partial charge is 0.497 e. The van der Waals surface area contributed by atoms with Crippen LogP contribution in [0.15, 0.2) is 159 Å². The van der Waals surface area contributed by atoms with Gasteiger partial charge in [-0.2, -0.15) is 0 Å². The fraction of sp³-hybridized carbons (Fsp3) is 0.382. The van der Waals surface area contributed by atoms with Crippen molar-refractivity contribution in [2.75, 3.05) is 67.2 Å². The number of aromatic nitrogens is 4. The summed E-state index contributed by atoms with van der Waals surface area (Å²) in [6.07, 6.45) is 14.8. The van der Waals surface area contributed by atoms with E-state index < -0.39 is 0 Å². The number of nitrogens with zero attached hydrogens (tertiary/aromatic N) is 4. The highest BCUT2D eigenvalue weighted by atomic mass is 79.9. The van der Waals surface area contributed by atoms with E-state index in [0.29, 0.717) is 70.8 Å². The molecule has 596 valence electrons. The summed E-state index contributed by atoms with van der Waals surface area (Å²) in [5, 5.41) is 19.5. The summed E-state index contributed by atoms with van der Waals surface area (Å²) in [5.74, 6) is 2.51. The molecule has 20 nitrogen and oxygen atoms in total. The number of ether oxygens (including phenoxy) is 4. The predicted octanol–water partition coefficient (Wildman–Crippen LogP) is 17.1. The minimum Gasteiger partial charge on any atom is -0.497 e. The van der Waals surface area contributed by atoms with Gasteiger partial charge in [0.25, 0.3) is 0 Å². The second-order valence-corrected chi connectivity index (χ2v) is 33.7. The van der Waals surface area contributed by atoms with E-state index in [2.05, 4.69) is 155 Å². The lowest BCUT2D eigenvalue weighted by Crippen LogP contribution is -2.56. The van der Waals surface area contributed by atoms with Gasteiger partial charge in [-0.05, 0) is 207 Å². The molecule has 2 aliphatic carbocycles. The van der Waals surface area contributed by atoms with Gasteiger partial charge in [-0.25, -0.2) is 9.18 Å². The highest BCUT2D eigenvalue weighted by molar-refractivity contribution is 9.11. The van der Waals surface area contributed by atoms with Crippen molar-refractivity contribution in [1.29, 1.82) is 0 Å². The van der Waals surface area contributed by atoms with E-state index in [0.717, 1.165) is 135 Å². The zero-order valence-corrected chi connectivity index (χ0v) is 70.5. The number of benzene rings is 7. The second-order valence-electron chi connectivity index (χ2n) is 30.6. The highest BCUT2D eigenvalue weighted by Crippen LogP contribution is 2.43. The Labute approximate surface area is 694 Å². The molecule has 25 heteroatoms. The Hall–Kier alpha value is -9.24. The maximum absolute atomic E-state index is 14.0. The Kier molecular flexibility index (Phi) is 25.2. The lowest BCUT2D eigenvalue weighted by molar-refractivity contribution is -0.140. The van der Waals surface area contributed by atoms with Crippen LogP contribution >= 0.6 is 60.0 Å². The molecule has 7 aromatic carbocycles. The molecular formula is C89H98Br3FN12O8S. The molecule has 5 unspecified atom stereocenters. The fourth-order valence-corrected chi connectivity index (χ4v) is 19.1. The number of piperazine rings is 1. The van der Waals surface area contributed by atoms with E-state index in [1.165, 1.54) is 96.2 Å². The molecule has 0 bridgehead atoms. The lowest BCUT2D eigenvalue weighted by Gasteiger charge is -2.39. The van der Waals surface area contributed by atoms with Crippen LogP contribution in [0.2, 0.25) is 0 Å². The van der Waals surface area contributed by atoms with Crippen molar-refractivity contribution in [2.45, 2.75) is 153 Å². The van der Waals surface area contributed by atoms with Crippen LogP contribution in [0.5, 0.6) is 17.2 Å². The second kappa shape index (κ2) is 35.9. The van der Waals surface area contributed by atoms with Crippen molar-refractivity contribution in [3.05, 3.63) is 227 Å². The summed E-state index contributed by atoms with van der Waals surface area (Å²) in [5.41, 5.74) is 16.9. The Bertz CT molecular complexity index is 5300. The standard InChI is InChI=1S/C25H27BrN4O3.C25H28BrN3O2.C25H28FN3OS.C14H15BrN2O2/c1-15(31)29-9-11-30(12-10-29)25(32)22-14-20-19-13-17(26)5-8-21(19)27-24(20)23(28-22)16-3-6-18(33-2)7-4-16;1-31-18-10-7-15(8-11-18)23-24-20(19-13-16(26)9-12-21(19)28-24)14-22(29-23)25(30)27-17-5-3-2-4-6-17;1-30-19-10-7-16(8-11-19)24-23-20(21-15-17(26)9-12-22(21)28-23)13-14-29(24)25(31)27-18-5-3-2-4-6-18;1-2-19-14(18)17-6-5-13-11(8-17)10-7-9(15)3-4-12(10)16-13/h3-8,13,22-23,27-28H,9-12,14H2,1-2H3;7-13,17,22-23,28-29H,2-6,14H2,1H3,(H,27,30);7-12,15,18,24,28H,2-6,13-14H2,1H3,(H,27,31);3-4,7,16H,2,5-6,8H2,1H3. The van der Waals surface area contributed by atoms with Crippen LogP contribution in [0, 0.1) is 5.82 Å². The number of rotatable bonds is 11. The third-order valence-corrected chi connectivity index (χ3v) is 25.4. The number of methoxy groups -OCH3 is 3. The maximum Gasteiger partial charge on any atom is 0.410 e. The van der Waals surface area contributed by atoms with Crippen molar-refractivity contribution in [1.82, 2.24) is 60.8 Å². The van der Waals surface area contributed by atoms with E-state index in [-0.39, 0.29) is 59.8 Å². The van der Waals surface area contributed by atoms with Crippen LogP contribution < -0.4 is 35.5 Å². The molecule has 5 atom stereocenters. The number of halogens is 4. The van der Waals surface area contributed by atoms with Gasteiger partial charge in [0.05, 0.1) is 64.7 Å². The zero-order valence-electron chi connectivity index (χ0n) is 64.9. The molecule has 18 rings (SSSR count). The number of carbonyl (C=O) groups excluding carboxylic acids is 4. The summed E-state index contributed by atoms with van der Waals surface area (Å²) in [7, 11) is 5.00. The number of nitrogens with one attached hydrogen (secondary N) is 8. The molecule has 114 heavy (non-hydrogen) atoms. The van der Waals surface area contributed by atoms with Crippen LogP contribution in [0.3, 0.4) is 0 Å². The van der Waals surface area contributed by atoms with Crippen molar-refractivity contribution in [2.24, 2.45) is 0 Å². The fourth-order valence-electron chi connectivity index (χ4n) is 17.6. The van der Waals surface area contributed by atoms with Crippen molar-refractivity contribution in [3.63, 3.8) is 0 Å². The Morgan fingerprint density at radius 1 is 0.491 bits per heavy atom. The molecule has 1 saturated heterocycles. The molecule has 3 fully saturated rings. The van der Waals surface area contributed by atoms with E-state index in [9.17, 15) is 23.6 Å². The summed E-state index contributed by atoms with van der Waals surface area (Å²) in [6, 6.07) is 47.8. The van der Waals surface area contributed by atoms with E-state index in [1.54, 1.807) is 44.1 Å². The van der Waals surface area contributed by atoms with Gasteiger partial charge >= 0.3 is 6.09 Å². The first kappa shape index (κ1) is 80.0. The molecule has 11 aromatic rings. The zero-order chi connectivity index (χ0) is 79.3. The van der Waals surface area contributed by atoms with Crippen molar-refractivity contribution in [3.8, 4) is 17.2 Å². The number of hydrogen-bond acceptors (Lipinski definition) is 11. The van der Waals surface area contributed by atoms with Crippen LogP contribution in [-0.4, -0.2) is 160 Å². The molecule has 2 saturated carbocycles. The van der Waals surface area contributed by atoms with Crippen molar-refractivity contribution >= 4 is 133 Å². The SMILES string of the molecule is CCOC(=O)N1CCc2[nH]c3ccc(Br)cc3c2C1.COc1ccc(C2NC(C(=O)N3CCN(C(C)=O)CC3)Cc3c2[nH]c2ccc(Br)cc32)cc1.COc1ccc(C2NC(C(=O)NC3CCCCC3)Cc3c2[nH]c2ccc(Br)cc32)cc1.COc1ccc(C2c3[nH]c4ccc(F)cc4c3CCN2C(=S)NC2CCCCC2)cc1. The summed E-state index contributed by atoms with van der Waals surface area (Å²) >= 11 is 16.6. The first-order valence-electron chi connectivity index (χ1n) is 39.9. The molecule has 4 amide bonds. The smallest absolute Gasteiger partial charge is 0.410 e. The Morgan fingerprint density at radius 2 is 0.947 bits per heavy atom. The average Bonchev–Trinajstić information content (AvgIpc) is 1.60. The van der Waals surface area contributed by atoms with Crippen LogP contribution in [0.1, 0.15) is 158 Å². The van der Waals surface area contributed by atoms with Gasteiger partial charge in [0.15, 0.2) is 5.11 Å². The maximum atomic E-state index is 14.0. The monoisotopic (exact) mass is 1750 g/mol. The summed E-state index contributed by atoms with van der Waals surface area (Å²) in [4.78, 5) is 72.3.